The van der Waals surface area contributed by atoms with Crippen LogP contribution in [0.2, 0.25) is 9.36 Å². The molecular weight excluding hydrogens is 793 g/mol. The number of rotatable bonds is 5. The van der Waals surface area contributed by atoms with Crippen molar-refractivity contribution in [2.45, 2.75) is 120 Å². The Kier molecular flexibility index (Phi) is 11.8. The van der Waals surface area contributed by atoms with Gasteiger partial charge in [0.25, 0.3) is 15.9 Å². The average Bonchev–Trinajstić information content (AvgIpc) is 3.39. The molecule has 298 valence electrons. The van der Waals surface area contributed by atoms with E-state index >= 15 is 0 Å². The van der Waals surface area contributed by atoms with Crippen LogP contribution in [0.15, 0.2) is 41.3 Å². The number of nitrogens with one attached hydrogen (secondary N) is 3. The van der Waals surface area contributed by atoms with Gasteiger partial charge in [-0.15, -0.1) is 11.3 Å². The van der Waals surface area contributed by atoms with E-state index < -0.39 is 75.2 Å². The molecule has 3 aliphatic heterocycles. The summed E-state index contributed by atoms with van der Waals surface area (Å²) in [5.74, 6) is -2.82. The number of ether oxygens (including phenoxy) is 2. The number of hydrogen-bond acceptors (Lipinski definition) is 10. The van der Waals surface area contributed by atoms with Gasteiger partial charge in [0.15, 0.2) is 0 Å². The molecule has 3 N–H and O–H groups in total. The summed E-state index contributed by atoms with van der Waals surface area (Å²) in [7, 11) is -4.41. The van der Waals surface area contributed by atoms with Crippen LogP contribution in [0.4, 0.5) is 9.59 Å². The third-order valence-electron chi connectivity index (χ3n) is 10.1. The molecule has 1 saturated carbocycles. The molecule has 4 aliphatic rings. The molecule has 14 nitrogen and oxygen atoms in total. The fourth-order valence-corrected chi connectivity index (χ4v) is 10.5. The number of alkyl carbamates (subject to hydrolysis) is 1. The third kappa shape index (κ3) is 9.24. The van der Waals surface area contributed by atoms with E-state index in [1.165, 1.54) is 15.9 Å². The fraction of sp³-hybridized carbons (Fsp3) is 0.541. The van der Waals surface area contributed by atoms with Gasteiger partial charge in [-0.2, -0.15) is 0 Å². The van der Waals surface area contributed by atoms with E-state index in [4.69, 9.17) is 32.7 Å². The minimum atomic E-state index is -4.41. The SMILES string of the molecule is Cc1cc(S(=O)(=O)NC(=O)C23CC2/C=C\CCCCCC(NC(=O)OC(C)(C)C)C(=O)N2CC(OC(=O)N4Cc5cccc(Cl)c5C4)CC2C(=O)N3)c(Cl)s1. The van der Waals surface area contributed by atoms with Crippen LogP contribution < -0.4 is 15.4 Å². The van der Waals surface area contributed by atoms with Crippen molar-refractivity contribution in [2.24, 2.45) is 5.92 Å². The Hall–Kier alpha value is -3.86. The number of aryl methyl sites for hydroxylation is 1. The van der Waals surface area contributed by atoms with Crippen molar-refractivity contribution in [1.29, 1.82) is 0 Å². The number of sulfonamides is 1. The predicted octanol–water partition coefficient (Wildman–Crippen LogP) is 5.58. The van der Waals surface area contributed by atoms with Gasteiger partial charge < -0.3 is 25.0 Å². The number of carbonyl (C=O) groups excluding carboxylic acids is 5. The van der Waals surface area contributed by atoms with Crippen LogP contribution in [0.3, 0.4) is 0 Å². The van der Waals surface area contributed by atoms with Crippen molar-refractivity contribution in [3.8, 4) is 0 Å². The van der Waals surface area contributed by atoms with Crippen LogP contribution >= 0.6 is 34.5 Å². The lowest BCUT2D eigenvalue weighted by Gasteiger charge is -2.30. The first-order valence-corrected chi connectivity index (χ1v) is 21.3. The summed E-state index contributed by atoms with van der Waals surface area (Å²) >= 11 is 13.6. The summed E-state index contributed by atoms with van der Waals surface area (Å²) in [6.07, 6.45) is 4.18. The molecule has 0 bridgehead atoms. The summed E-state index contributed by atoms with van der Waals surface area (Å²) in [6.45, 7) is 7.09. The number of hydrogen-bond donors (Lipinski definition) is 3. The van der Waals surface area contributed by atoms with Gasteiger partial charge in [-0.05, 0) is 76.6 Å². The third-order valence-corrected chi connectivity index (χ3v) is 13.3. The monoisotopic (exact) mass is 837 g/mol. The zero-order valence-electron chi connectivity index (χ0n) is 31.0. The van der Waals surface area contributed by atoms with Gasteiger partial charge in [0.05, 0.1) is 13.1 Å². The summed E-state index contributed by atoms with van der Waals surface area (Å²) in [4.78, 5) is 72.2. The van der Waals surface area contributed by atoms with Crippen LogP contribution in [0, 0.1) is 12.8 Å². The van der Waals surface area contributed by atoms with Crippen molar-refractivity contribution in [1.82, 2.24) is 25.2 Å². The van der Waals surface area contributed by atoms with Crippen LogP contribution in [0.25, 0.3) is 0 Å². The van der Waals surface area contributed by atoms with E-state index in [9.17, 15) is 32.4 Å². The Bertz CT molecular complexity index is 2020. The van der Waals surface area contributed by atoms with Crippen molar-refractivity contribution in [3.05, 3.63) is 61.8 Å². The Morgan fingerprint density at radius 1 is 1.09 bits per heavy atom. The molecule has 1 aliphatic carbocycles. The zero-order valence-corrected chi connectivity index (χ0v) is 34.1. The van der Waals surface area contributed by atoms with E-state index in [2.05, 4.69) is 15.4 Å². The van der Waals surface area contributed by atoms with Crippen molar-refractivity contribution < 1.29 is 41.9 Å². The molecule has 6 rings (SSSR count). The smallest absolute Gasteiger partial charge is 0.410 e. The molecule has 5 amide bonds. The molecular formula is C37H45Cl2N5O9S2. The Labute approximate surface area is 334 Å². The predicted molar refractivity (Wildman–Crippen MR) is 205 cm³/mol. The highest BCUT2D eigenvalue weighted by Crippen LogP contribution is 2.46. The standard InChI is InChI=1S/C37H45Cl2N5O9S2/c1-21-15-29(30(39)54-21)55(50,51)42-33(47)37-17-23(37)12-8-6-5-7-9-14-27(40-34(48)53-36(2,3)4)32(46)44-19-24(16-28(44)31(45)41-37)52-35(49)43-18-22-11-10-13-26(38)25(22)20-43/h8,10-13,15,23-24,27-28H,5-7,9,14,16-20H2,1-4H3,(H,40,48)(H,41,45)(H,42,47)/b12-8-. The van der Waals surface area contributed by atoms with Crippen molar-refractivity contribution in [2.75, 3.05) is 6.54 Å². The second-order valence-electron chi connectivity index (χ2n) is 15.4. The number of thiophene rings is 1. The van der Waals surface area contributed by atoms with Gasteiger partial charge in [0.1, 0.15) is 38.6 Å². The maximum absolute atomic E-state index is 14.4. The highest BCUT2D eigenvalue weighted by atomic mass is 35.5. The molecule has 5 atom stereocenters. The number of fused-ring (bicyclic) bond motifs is 3. The van der Waals surface area contributed by atoms with E-state index in [0.717, 1.165) is 28.9 Å². The van der Waals surface area contributed by atoms with E-state index in [1.807, 2.05) is 12.1 Å². The number of halogens is 2. The van der Waals surface area contributed by atoms with Gasteiger partial charge in [-0.25, -0.2) is 22.7 Å². The second-order valence-corrected chi connectivity index (χ2v) is 19.4. The number of allylic oxidation sites excluding steroid dienone is 1. The Balaban J connectivity index is 1.27. The molecule has 18 heteroatoms. The molecule has 1 aromatic heterocycles. The first-order valence-electron chi connectivity index (χ1n) is 18.2. The first-order chi connectivity index (χ1) is 25.9. The van der Waals surface area contributed by atoms with Crippen LogP contribution in [-0.2, 0) is 47.0 Å². The van der Waals surface area contributed by atoms with Crippen molar-refractivity contribution >= 4 is 74.5 Å². The van der Waals surface area contributed by atoms with E-state index in [-0.39, 0.29) is 48.1 Å². The molecule has 2 aromatic rings. The van der Waals surface area contributed by atoms with Gasteiger partial charge in [-0.3, -0.25) is 19.3 Å². The fourth-order valence-electron chi connectivity index (χ4n) is 7.26. The summed E-state index contributed by atoms with van der Waals surface area (Å²) in [5, 5.41) is 6.00. The quantitative estimate of drug-likeness (QED) is 0.324. The molecule has 1 saturated heterocycles. The number of amides is 5. The van der Waals surface area contributed by atoms with Gasteiger partial charge in [0.2, 0.25) is 11.8 Å². The summed E-state index contributed by atoms with van der Waals surface area (Å²) < 4.78 is 40.2. The minimum Gasteiger partial charge on any atom is -0.444 e. The van der Waals surface area contributed by atoms with Gasteiger partial charge in [0, 0.05) is 28.8 Å². The highest BCUT2D eigenvalue weighted by Gasteiger charge is 2.62. The topological polar surface area (TPSA) is 181 Å². The molecule has 0 spiro atoms. The first kappa shape index (κ1) is 40.8. The number of benzene rings is 1. The number of nitrogens with zero attached hydrogens (tertiary/aromatic N) is 2. The van der Waals surface area contributed by atoms with Crippen molar-refractivity contribution in [3.63, 3.8) is 0 Å². The maximum Gasteiger partial charge on any atom is 0.410 e. The highest BCUT2D eigenvalue weighted by molar-refractivity contribution is 7.90. The largest absolute Gasteiger partial charge is 0.444 e. The lowest BCUT2D eigenvalue weighted by molar-refractivity contribution is -0.141. The molecule has 4 heterocycles. The normalized spacial score (nSPS) is 26.4. The molecule has 55 heavy (non-hydrogen) atoms. The maximum atomic E-state index is 14.4. The molecule has 2 fully saturated rings. The van der Waals surface area contributed by atoms with Gasteiger partial charge >= 0.3 is 12.2 Å². The lowest BCUT2D eigenvalue weighted by atomic mass is 10.0. The summed E-state index contributed by atoms with van der Waals surface area (Å²) in [6, 6.07) is 4.44. The minimum absolute atomic E-state index is 0.00944. The Morgan fingerprint density at radius 2 is 1.85 bits per heavy atom. The molecule has 1 aromatic carbocycles. The lowest BCUT2D eigenvalue weighted by Crippen LogP contribution is -2.58. The zero-order chi connectivity index (χ0) is 39.9. The molecule has 0 radical (unpaired) electrons. The van der Waals surface area contributed by atoms with Crippen LogP contribution in [0.5, 0.6) is 0 Å². The molecule has 5 unspecified atom stereocenters. The Morgan fingerprint density at radius 3 is 2.55 bits per heavy atom. The number of carbonyl (C=O) groups is 5. The summed E-state index contributed by atoms with van der Waals surface area (Å²) in [5.41, 5.74) is -0.813. The van der Waals surface area contributed by atoms with Gasteiger partial charge in [-0.1, -0.05) is 60.3 Å². The van der Waals surface area contributed by atoms with E-state index in [1.54, 1.807) is 45.9 Å². The van der Waals surface area contributed by atoms with Crippen LogP contribution in [-0.4, -0.2) is 84.0 Å². The van der Waals surface area contributed by atoms with Crippen LogP contribution in [0.1, 0.15) is 81.7 Å². The van der Waals surface area contributed by atoms with E-state index in [0.29, 0.717) is 29.2 Å². The second kappa shape index (κ2) is 15.9. The average molecular weight is 839 g/mol.